The number of nitrogens with zero attached hydrogens (tertiary/aromatic N) is 6. The third-order valence-electron chi connectivity index (χ3n) is 13.7. The van der Waals surface area contributed by atoms with Crippen LogP contribution in [0.15, 0.2) is 88.0 Å². The van der Waals surface area contributed by atoms with Crippen LogP contribution in [0, 0.1) is 5.92 Å². The first-order chi connectivity index (χ1) is 32.2. The van der Waals surface area contributed by atoms with Crippen molar-refractivity contribution in [2.45, 2.75) is 121 Å². The molecule has 0 bridgehead atoms. The molecule has 67 heavy (non-hydrogen) atoms. The molecule has 3 aromatic rings. The van der Waals surface area contributed by atoms with E-state index in [9.17, 15) is 19.2 Å². The first-order valence-corrected chi connectivity index (χ1v) is 23.6. The molecule has 16 heteroatoms. The van der Waals surface area contributed by atoms with Crippen LogP contribution in [0.2, 0.25) is 0 Å². The summed E-state index contributed by atoms with van der Waals surface area (Å²) >= 11 is 0. The highest BCUT2D eigenvalue weighted by atomic mass is 16.5. The van der Waals surface area contributed by atoms with Gasteiger partial charge in [-0.1, -0.05) is 95.3 Å². The second-order valence-corrected chi connectivity index (χ2v) is 19.3. The third-order valence-corrected chi connectivity index (χ3v) is 13.7. The molecule has 358 valence electrons. The Balaban J connectivity index is 1.06. The second-order valence-electron chi connectivity index (χ2n) is 19.3. The lowest BCUT2D eigenvalue weighted by Crippen LogP contribution is -2.55. The highest BCUT2D eigenvalue weighted by molar-refractivity contribution is 6.02. The van der Waals surface area contributed by atoms with Crippen LogP contribution in [-0.4, -0.2) is 117 Å². The number of rotatable bonds is 14. The van der Waals surface area contributed by atoms with Crippen LogP contribution in [-0.2, 0) is 24.5 Å². The number of carbonyl (C=O) groups is 4. The summed E-state index contributed by atoms with van der Waals surface area (Å²) < 4.78 is 9.44. The number of anilines is 1. The van der Waals surface area contributed by atoms with E-state index in [1.165, 1.54) is 30.9 Å². The topological polar surface area (TPSA) is 182 Å². The predicted octanol–water partition coefficient (Wildman–Crippen LogP) is 6.80. The molecule has 0 aliphatic carbocycles. The number of ether oxygens (including phenoxy) is 2. The van der Waals surface area contributed by atoms with Gasteiger partial charge in [0.1, 0.15) is 18.4 Å². The summed E-state index contributed by atoms with van der Waals surface area (Å²) in [6, 6.07) is 25.7. The molecule has 0 saturated carbocycles. The Bertz CT molecular complexity index is 2290. The van der Waals surface area contributed by atoms with Crippen LogP contribution in [0.1, 0.15) is 119 Å². The quantitative estimate of drug-likeness (QED) is 0.0768. The van der Waals surface area contributed by atoms with Crippen LogP contribution in [0.3, 0.4) is 0 Å². The summed E-state index contributed by atoms with van der Waals surface area (Å²) in [6.07, 6.45) is 4.80. The van der Waals surface area contributed by atoms with Gasteiger partial charge in [0.2, 0.25) is 11.8 Å². The molecule has 0 aromatic heterocycles. The van der Waals surface area contributed by atoms with Crippen molar-refractivity contribution >= 4 is 48.0 Å². The summed E-state index contributed by atoms with van der Waals surface area (Å²) in [6.45, 7) is 15.7. The Labute approximate surface area is 395 Å². The van der Waals surface area contributed by atoms with Gasteiger partial charge in [0, 0.05) is 37.5 Å². The predicted molar refractivity (Wildman–Crippen MR) is 261 cm³/mol. The van der Waals surface area contributed by atoms with E-state index in [1.807, 2.05) is 18.7 Å². The molecule has 6 atom stereocenters. The van der Waals surface area contributed by atoms with Gasteiger partial charge in [-0.3, -0.25) is 20.0 Å². The summed E-state index contributed by atoms with van der Waals surface area (Å²) in [5, 5.41) is 14.0. The fraction of sp³-hybridized carbons (Fsp3) is 0.510. The molecule has 16 nitrogen and oxygen atoms in total. The monoisotopic (exact) mass is 917 g/mol. The number of amidine groups is 1. The first-order valence-electron chi connectivity index (χ1n) is 23.6. The van der Waals surface area contributed by atoms with Gasteiger partial charge in [0.25, 0.3) is 0 Å². The number of amides is 4. The molecule has 3 aromatic carbocycles. The van der Waals surface area contributed by atoms with Crippen molar-refractivity contribution in [2.75, 3.05) is 45.3 Å². The molecular weight excluding hydrogens is 849 g/mol. The minimum absolute atomic E-state index is 0.0233. The molecule has 4 aliphatic heterocycles. The van der Waals surface area contributed by atoms with E-state index >= 15 is 0 Å². The van der Waals surface area contributed by atoms with E-state index in [0.717, 1.165) is 61.1 Å². The van der Waals surface area contributed by atoms with Gasteiger partial charge in [-0.05, 0) is 84.2 Å². The normalized spacial score (nSPS) is 22.3. The average molecular weight is 917 g/mol. The SMILES string of the molecule is C=NNC(=NCC1CCCN1C(=O)CNC(=O)OC)c1ccc(C2CC[C@@H](c3ccc(C4=NN[C@H](C5CCCN5C(=O)C(NC(=O)OC)C(C)C)C4)cc3)N2c2ccc(C(C)(C)C)cc2)cc1. The van der Waals surface area contributed by atoms with Crippen LogP contribution in [0.25, 0.3) is 0 Å². The highest BCUT2D eigenvalue weighted by Gasteiger charge is 2.41. The number of nitrogens with one attached hydrogen (secondary N) is 4. The maximum absolute atomic E-state index is 13.8. The van der Waals surface area contributed by atoms with Crippen molar-refractivity contribution in [3.8, 4) is 0 Å². The van der Waals surface area contributed by atoms with Crippen molar-refractivity contribution in [3.05, 3.63) is 101 Å². The van der Waals surface area contributed by atoms with Gasteiger partial charge < -0.3 is 40.2 Å². The van der Waals surface area contributed by atoms with Crippen molar-refractivity contribution in [3.63, 3.8) is 0 Å². The summed E-state index contributed by atoms with van der Waals surface area (Å²) in [4.78, 5) is 61.5. The van der Waals surface area contributed by atoms with Crippen LogP contribution in [0.5, 0.6) is 0 Å². The Kier molecular flexibility index (Phi) is 15.5. The third kappa shape index (κ3) is 11.2. The molecular formula is C51H68N10O6. The van der Waals surface area contributed by atoms with Crippen LogP contribution >= 0.6 is 0 Å². The number of aliphatic imine (C=N–C) groups is 1. The standard InChI is InChI=1S/C51H68N10O6/c1-32(2)46(55-50(65)67-8)48(63)60-28-10-12-44(60)41-29-40(56-57-41)33-13-15-34(16-14-33)42-25-26-43(61(42)38-23-21-37(22-24-38)51(3,4)5)35-17-19-36(20-18-35)47(58-52-6)53-30-39-11-9-27-59(39)45(62)31-54-49(64)66-7/h13-24,32,39,41-44,46,57H,6,9-12,25-31H2,1-5,7-8H3,(H,53,58)(H,54,64)(H,55,65)/t39?,41-,42-,43?,44?,46?/m0/s1. The highest BCUT2D eigenvalue weighted by Crippen LogP contribution is 2.47. The lowest BCUT2D eigenvalue weighted by molar-refractivity contribution is -0.135. The van der Waals surface area contributed by atoms with Crippen molar-refractivity contribution < 1.29 is 28.7 Å². The van der Waals surface area contributed by atoms with E-state index in [-0.39, 0.29) is 59.9 Å². The zero-order valence-electron chi connectivity index (χ0n) is 40.1. The van der Waals surface area contributed by atoms with E-state index in [2.05, 4.69) is 137 Å². The maximum atomic E-state index is 13.8. The number of benzene rings is 3. The van der Waals surface area contributed by atoms with Gasteiger partial charge in [0.05, 0.1) is 56.7 Å². The number of hydrazone groups is 2. The molecule has 4 N–H and O–H groups in total. The van der Waals surface area contributed by atoms with Crippen LogP contribution in [0.4, 0.5) is 15.3 Å². The molecule has 4 heterocycles. The molecule has 0 radical (unpaired) electrons. The fourth-order valence-electron chi connectivity index (χ4n) is 10.1. The summed E-state index contributed by atoms with van der Waals surface area (Å²) in [5.74, 6) is 0.226. The van der Waals surface area contributed by atoms with E-state index in [0.29, 0.717) is 31.9 Å². The summed E-state index contributed by atoms with van der Waals surface area (Å²) in [5.41, 5.74) is 14.1. The Morgan fingerprint density at radius 3 is 2.07 bits per heavy atom. The Morgan fingerprint density at radius 1 is 0.836 bits per heavy atom. The minimum Gasteiger partial charge on any atom is -0.453 e. The molecule has 4 aliphatic rings. The van der Waals surface area contributed by atoms with Gasteiger partial charge in [-0.25, -0.2) is 9.59 Å². The Hall–Kier alpha value is -6.45. The fourth-order valence-corrected chi connectivity index (χ4v) is 10.1. The number of hydrogen-bond donors (Lipinski definition) is 4. The van der Waals surface area contributed by atoms with E-state index in [1.54, 1.807) is 4.90 Å². The number of carbonyl (C=O) groups excluding carboxylic acids is 4. The van der Waals surface area contributed by atoms with Gasteiger partial charge >= 0.3 is 12.2 Å². The van der Waals surface area contributed by atoms with Crippen LogP contribution < -0.4 is 26.4 Å². The van der Waals surface area contributed by atoms with Crippen molar-refractivity contribution in [1.29, 1.82) is 0 Å². The number of methoxy groups -OCH3 is 2. The minimum atomic E-state index is -0.664. The molecule has 0 spiro atoms. The Morgan fingerprint density at radius 2 is 1.46 bits per heavy atom. The maximum Gasteiger partial charge on any atom is 0.407 e. The number of alkyl carbamates (subject to hydrolysis) is 2. The lowest BCUT2D eigenvalue weighted by Gasteiger charge is -2.34. The van der Waals surface area contributed by atoms with Gasteiger partial charge in [0.15, 0.2) is 0 Å². The largest absolute Gasteiger partial charge is 0.453 e. The lowest BCUT2D eigenvalue weighted by atomic mass is 9.87. The van der Waals surface area contributed by atoms with E-state index < -0.39 is 18.2 Å². The number of hydrogen-bond acceptors (Lipinski definition) is 11. The van der Waals surface area contributed by atoms with Gasteiger partial charge in [-0.15, -0.1) is 0 Å². The molecule has 4 unspecified atom stereocenters. The van der Waals surface area contributed by atoms with Crippen molar-refractivity contribution in [1.82, 2.24) is 31.3 Å². The number of likely N-dealkylation sites (tertiary alicyclic amines) is 2. The van der Waals surface area contributed by atoms with Gasteiger partial charge in [-0.2, -0.15) is 10.2 Å². The zero-order valence-corrected chi connectivity index (χ0v) is 40.1. The smallest absolute Gasteiger partial charge is 0.407 e. The molecule has 3 fully saturated rings. The second kappa shape index (κ2) is 21.5. The van der Waals surface area contributed by atoms with Crippen molar-refractivity contribution in [2.24, 2.45) is 21.1 Å². The van der Waals surface area contributed by atoms with E-state index in [4.69, 9.17) is 14.8 Å². The molecule has 4 amide bonds. The zero-order chi connectivity index (χ0) is 47.8. The molecule has 3 saturated heterocycles. The molecule has 7 rings (SSSR count). The average Bonchev–Trinajstić information content (AvgIpc) is 4.18. The first kappa shape index (κ1) is 48.5. The summed E-state index contributed by atoms with van der Waals surface area (Å²) in [7, 11) is 2.58.